The number of rotatable bonds is 8. The zero-order valence-corrected chi connectivity index (χ0v) is 15.8. The van der Waals surface area contributed by atoms with Crippen LogP contribution in [0.25, 0.3) is 0 Å². The fourth-order valence-electron chi connectivity index (χ4n) is 2.22. The van der Waals surface area contributed by atoms with Crippen molar-refractivity contribution in [2.45, 2.75) is 19.9 Å². The highest BCUT2D eigenvalue weighted by atomic mass is 32.2. The van der Waals surface area contributed by atoms with Crippen molar-refractivity contribution < 1.29 is 0 Å². The molecule has 0 aliphatic rings. The van der Waals surface area contributed by atoms with Gasteiger partial charge in [0.15, 0.2) is 0 Å². The largest absolute Gasteiger partial charge is 0.125 e. The van der Waals surface area contributed by atoms with Crippen molar-refractivity contribution in [1.29, 1.82) is 0 Å². The topological polar surface area (TPSA) is 0 Å². The van der Waals surface area contributed by atoms with E-state index < -0.39 is 0 Å². The molecule has 3 heteroatoms. The first-order valence-corrected chi connectivity index (χ1v) is 10.8. The van der Waals surface area contributed by atoms with Crippen LogP contribution in [-0.2, 0) is 0 Å². The lowest BCUT2D eigenvalue weighted by molar-refractivity contribution is 1.14. The van der Waals surface area contributed by atoms with E-state index in [-0.39, 0.29) is 0 Å². The maximum absolute atomic E-state index is 2.21. The van der Waals surface area contributed by atoms with E-state index in [0.29, 0.717) is 5.25 Å². The van der Waals surface area contributed by atoms with Gasteiger partial charge in [-0.25, -0.2) is 0 Å². The molecular weight excluding hydrogens is 348 g/mol. The van der Waals surface area contributed by atoms with Gasteiger partial charge in [-0.05, 0) is 36.4 Å². The Kier molecular flexibility index (Phi) is 7.21. The van der Waals surface area contributed by atoms with Crippen molar-refractivity contribution >= 4 is 35.3 Å². The standard InChI is InChI=1S/C21H20S3/c1-4-10-18(11-5-1)22-16-21(24-20-14-8-3-9-15-20)17-23-19-12-6-2-7-13-19/h1-15,21H,16-17H2. The van der Waals surface area contributed by atoms with Gasteiger partial charge in [-0.15, -0.1) is 35.3 Å². The van der Waals surface area contributed by atoms with Crippen molar-refractivity contribution in [2.75, 3.05) is 11.5 Å². The molecule has 0 aliphatic carbocycles. The van der Waals surface area contributed by atoms with Crippen LogP contribution >= 0.6 is 35.3 Å². The van der Waals surface area contributed by atoms with Crippen LogP contribution < -0.4 is 0 Å². The fourth-order valence-corrected chi connectivity index (χ4v) is 5.71. The first kappa shape index (κ1) is 17.5. The first-order valence-electron chi connectivity index (χ1n) is 7.97. The molecule has 0 N–H and O–H groups in total. The smallest absolute Gasteiger partial charge is 0.0283 e. The minimum Gasteiger partial charge on any atom is -0.125 e. The maximum atomic E-state index is 2.21. The molecule has 3 aromatic carbocycles. The molecule has 0 heterocycles. The Bertz CT molecular complexity index is 655. The van der Waals surface area contributed by atoms with Crippen LogP contribution in [0.2, 0.25) is 0 Å². The Hall–Kier alpha value is -1.29. The summed E-state index contributed by atoms with van der Waals surface area (Å²) < 4.78 is 0. The molecule has 3 rings (SSSR count). The van der Waals surface area contributed by atoms with Gasteiger partial charge in [0.1, 0.15) is 0 Å². The zero-order valence-electron chi connectivity index (χ0n) is 13.4. The molecule has 0 bridgehead atoms. The summed E-state index contributed by atoms with van der Waals surface area (Å²) in [6.07, 6.45) is 0. The third-order valence-electron chi connectivity index (χ3n) is 3.40. The van der Waals surface area contributed by atoms with Crippen molar-refractivity contribution in [3.05, 3.63) is 91.0 Å². The monoisotopic (exact) mass is 368 g/mol. The van der Waals surface area contributed by atoms with Crippen molar-refractivity contribution in [2.24, 2.45) is 0 Å². The summed E-state index contributed by atoms with van der Waals surface area (Å²) in [5, 5.41) is 0.572. The summed E-state index contributed by atoms with van der Waals surface area (Å²) in [5.41, 5.74) is 0. The number of benzene rings is 3. The third kappa shape index (κ3) is 5.97. The Morgan fingerprint density at radius 1 is 0.500 bits per heavy atom. The molecule has 0 aliphatic heterocycles. The van der Waals surface area contributed by atoms with Gasteiger partial charge in [0.2, 0.25) is 0 Å². The lowest BCUT2D eigenvalue weighted by Crippen LogP contribution is -2.09. The van der Waals surface area contributed by atoms with E-state index in [1.165, 1.54) is 14.7 Å². The summed E-state index contributed by atoms with van der Waals surface area (Å²) in [4.78, 5) is 4.05. The predicted molar refractivity (Wildman–Crippen MR) is 110 cm³/mol. The average molecular weight is 369 g/mol. The zero-order chi connectivity index (χ0) is 16.5. The van der Waals surface area contributed by atoms with E-state index in [1.54, 1.807) is 0 Å². The molecule has 0 nitrogen and oxygen atoms in total. The van der Waals surface area contributed by atoms with Crippen LogP contribution in [0, 0.1) is 0 Å². The highest BCUT2D eigenvalue weighted by Gasteiger charge is 2.12. The molecule has 0 spiro atoms. The molecule has 0 saturated carbocycles. The summed E-state index contributed by atoms with van der Waals surface area (Å²) in [5.74, 6) is 2.23. The van der Waals surface area contributed by atoms with Gasteiger partial charge in [0.05, 0.1) is 0 Å². The molecule has 0 unspecified atom stereocenters. The molecular formula is C21H20S3. The Labute approximate surface area is 157 Å². The van der Waals surface area contributed by atoms with Gasteiger partial charge in [-0.3, -0.25) is 0 Å². The second kappa shape index (κ2) is 9.87. The minimum absolute atomic E-state index is 0.572. The number of thioether (sulfide) groups is 3. The molecule has 0 fully saturated rings. The highest BCUT2D eigenvalue weighted by Crippen LogP contribution is 2.32. The van der Waals surface area contributed by atoms with E-state index >= 15 is 0 Å². The minimum atomic E-state index is 0.572. The van der Waals surface area contributed by atoms with E-state index in [4.69, 9.17) is 0 Å². The second-order valence-electron chi connectivity index (χ2n) is 5.30. The van der Waals surface area contributed by atoms with Gasteiger partial charge in [0.25, 0.3) is 0 Å². The average Bonchev–Trinajstić information content (AvgIpc) is 2.66. The Balaban J connectivity index is 1.61. The number of hydrogen-bond acceptors (Lipinski definition) is 3. The van der Waals surface area contributed by atoms with Crippen LogP contribution in [0.15, 0.2) is 106 Å². The second-order valence-corrected chi connectivity index (χ2v) is 8.86. The molecule has 0 radical (unpaired) electrons. The van der Waals surface area contributed by atoms with Gasteiger partial charge in [-0.2, -0.15) is 0 Å². The predicted octanol–water partition coefficient (Wildman–Crippen LogP) is 6.73. The van der Waals surface area contributed by atoms with Crippen LogP contribution in [0.1, 0.15) is 0 Å². The Morgan fingerprint density at radius 2 is 0.875 bits per heavy atom. The Morgan fingerprint density at radius 3 is 1.29 bits per heavy atom. The molecule has 0 aromatic heterocycles. The molecule has 122 valence electrons. The van der Waals surface area contributed by atoms with Gasteiger partial charge < -0.3 is 0 Å². The van der Waals surface area contributed by atoms with Gasteiger partial charge in [-0.1, -0.05) is 54.6 Å². The van der Waals surface area contributed by atoms with Crippen molar-refractivity contribution in [3.8, 4) is 0 Å². The van der Waals surface area contributed by atoms with Crippen molar-refractivity contribution in [1.82, 2.24) is 0 Å². The van der Waals surface area contributed by atoms with Gasteiger partial charge in [0, 0.05) is 31.4 Å². The molecule has 24 heavy (non-hydrogen) atoms. The summed E-state index contributed by atoms with van der Waals surface area (Å²) in [6, 6.07) is 32.1. The van der Waals surface area contributed by atoms with E-state index in [0.717, 1.165) is 11.5 Å². The van der Waals surface area contributed by atoms with Crippen LogP contribution in [0.3, 0.4) is 0 Å². The normalized spacial score (nSPS) is 10.9. The molecule has 0 saturated heterocycles. The van der Waals surface area contributed by atoms with Crippen LogP contribution in [0.4, 0.5) is 0 Å². The van der Waals surface area contributed by atoms with Gasteiger partial charge >= 0.3 is 0 Å². The molecule has 0 atom stereocenters. The summed E-state index contributed by atoms with van der Waals surface area (Å²) in [6.45, 7) is 0. The SMILES string of the molecule is c1ccc(SCC(CSc2ccccc2)Sc2ccccc2)cc1. The van der Waals surface area contributed by atoms with Crippen molar-refractivity contribution in [3.63, 3.8) is 0 Å². The van der Waals surface area contributed by atoms with Crippen LogP contribution in [0.5, 0.6) is 0 Å². The highest BCUT2D eigenvalue weighted by molar-refractivity contribution is 8.05. The van der Waals surface area contributed by atoms with E-state index in [2.05, 4.69) is 91.0 Å². The molecule has 3 aromatic rings. The fraction of sp³-hybridized carbons (Fsp3) is 0.143. The van der Waals surface area contributed by atoms with Crippen LogP contribution in [-0.4, -0.2) is 16.8 Å². The molecule has 0 amide bonds. The maximum Gasteiger partial charge on any atom is 0.0283 e. The quantitative estimate of drug-likeness (QED) is 0.404. The lowest BCUT2D eigenvalue weighted by atomic mass is 10.4. The lowest BCUT2D eigenvalue weighted by Gasteiger charge is -2.16. The summed E-state index contributed by atoms with van der Waals surface area (Å²) in [7, 11) is 0. The van der Waals surface area contributed by atoms with E-state index in [9.17, 15) is 0 Å². The number of hydrogen-bond donors (Lipinski definition) is 0. The first-order chi connectivity index (χ1) is 11.9. The third-order valence-corrected chi connectivity index (χ3v) is 7.39. The van der Waals surface area contributed by atoms with E-state index in [1.807, 2.05) is 35.3 Å². The summed E-state index contributed by atoms with van der Waals surface area (Å²) >= 11 is 5.88.